The van der Waals surface area contributed by atoms with Crippen molar-refractivity contribution in [1.82, 2.24) is 0 Å². The molecule has 4 heteroatoms. The third-order valence-corrected chi connectivity index (χ3v) is 1.12. The van der Waals surface area contributed by atoms with Gasteiger partial charge in [-0.2, -0.15) is 0 Å². The second kappa shape index (κ2) is 5.12. The molecular weight excluding hydrogens is 156 g/mol. The molecule has 0 aromatic heterocycles. The Hall–Kier alpha value is -1.58. The van der Waals surface area contributed by atoms with Gasteiger partial charge < -0.3 is 10.5 Å². The van der Waals surface area contributed by atoms with E-state index in [2.05, 4.69) is 23.0 Å². The Kier molecular flexibility index (Phi) is 4.45. The largest absolute Gasteiger partial charge is 0.461 e. The summed E-state index contributed by atoms with van der Waals surface area (Å²) in [7, 11) is 0. The number of nitrogens with two attached hydrogens (primary N) is 1. The monoisotopic (exact) mass is 168 g/mol. The summed E-state index contributed by atoms with van der Waals surface area (Å²) >= 11 is 0. The van der Waals surface area contributed by atoms with Gasteiger partial charge in [0.25, 0.3) is 0 Å². The Labute approximate surface area is 71.4 Å². The van der Waals surface area contributed by atoms with Gasteiger partial charge in [-0.1, -0.05) is 6.58 Å². The van der Waals surface area contributed by atoms with E-state index in [-0.39, 0.29) is 18.0 Å². The SMILES string of the molecule is C=C/C(N)=C(\N=C)C(=O)OCC. The standard InChI is InChI=1S/C8H12N2O2/c1-4-6(9)7(10-3)8(11)12-5-2/h4H,1,3,5,9H2,2H3/b7-6+. The Morgan fingerprint density at radius 3 is 2.67 bits per heavy atom. The summed E-state index contributed by atoms with van der Waals surface area (Å²) in [6, 6.07) is 0. The quantitative estimate of drug-likeness (QED) is 0.289. The summed E-state index contributed by atoms with van der Waals surface area (Å²) in [5.74, 6) is -0.579. The predicted octanol–water partition coefficient (Wildman–Crippen LogP) is 0.606. The van der Waals surface area contributed by atoms with E-state index in [1.54, 1.807) is 6.92 Å². The van der Waals surface area contributed by atoms with E-state index >= 15 is 0 Å². The van der Waals surface area contributed by atoms with Crippen molar-refractivity contribution < 1.29 is 9.53 Å². The lowest BCUT2D eigenvalue weighted by Gasteiger charge is -2.02. The van der Waals surface area contributed by atoms with Crippen molar-refractivity contribution in [3.63, 3.8) is 0 Å². The number of nitrogens with zero attached hydrogens (tertiary/aromatic N) is 1. The third kappa shape index (κ3) is 2.57. The minimum Gasteiger partial charge on any atom is -0.461 e. The van der Waals surface area contributed by atoms with Crippen LogP contribution in [0.2, 0.25) is 0 Å². The first-order valence-corrected chi connectivity index (χ1v) is 3.43. The van der Waals surface area contributed by atoms with Crippen LogP contribution in [-0.4, -0.2) is 19.3 Å². The molecule has 0 aliphatic carbocycles. The van der Waals surface area contributed by atoms with Gasteiger partial charge in [-0.05, 0) is 19.7 Å². The average Bonchev–Trinajstić information content (AvgIpc) is 2.06. The van der Waals surface area contributed by atoms with E-state index in [4.69, 9.17) is 5.73 Å². The van der Waals surface area contributed by atoms with Crippen molar-refractivity contribution >= 4 is 12.7 Å². The number of esters is 1. The molecule has 0 saturated carbocycles. The molecule has 0 aromatic rings. The lowest BCUT2D eigenvalue weighted by atomic mass is 10.3. The molecule has 0 radical (unpaired) electrons. The number of ether oxygens (including phenoxy) is 1. The number of allylic oxidation sites excluding steroid dienone is 1. The summed E-state index contributed by atoms with van der Waals surface area (Å²) in [6.45, 7) is 8.57. The number of rotatable bonds is 4. The van der Waals surface area contributed by atoms with Crippen molar-refractivity contribution in [3.8, 4) is 0 Å². The molecule has 0 spiro atoms. The van der Waals surface area contributed by atoms with Crippen molar-refractivity contribution in [1.29, 1.82) is 0 Å². The molecule has 0 rings (SSSR count). The number of hydrogen-bond acceptors (Lipinski definition) is 4. The van der Waals surface area contributed by atoms with Gasteiger partial charge in [-0.25, -0.2) is 4.79 Å². The molecule has 0 aliphatic rings. The first-order valence-electron chi connectivity index (χ1n) is 3.43. The van der Waals surface area contributed by atoms with Crippen LogP contribution in [0.1, 0.15) is 6.92 Å². The highest BCUT2D eigenvalue weighted by Gasteiger charge is 2.10. The van der Waals surface area contributed by atoms with Gasteiger partial charge in [0, 0.05) is 0 Å². The average molecular weight is 168 g/mol. The van der Waals surface area contributed by atoms with Crippen LogP contribution in [0.4, 0.5) is 0 Å². The van der Waals surface area contributed by atoms with Crippen LogP contribution in [0.15, 0.2) is 29.0 Å². The van der Waals surface area contributed by atoms with Crippen LogP contribution in [0.5, 0.6) is 0 Å². The lowest BCUT2D eigenvalue weighted by Crippen LogP contribution is -2.11. The van der Waals surface area contributed by atoms with E-state index in [0.717, 1.165) is 0 Å². The van der Waals surface area contributed by atoms with Gasteiger partial charge in [0.15, 0.2) is 5.70 Å². The van der Waals surface area contributed by atoms with Crippen LogP contribution >= 0.6 is 0 Å². The molecular formula is C8H12N2O2. The van der Waals surface area contributed by atoms with E-state index in [1.165, 1.54) is 6.08 Å². The Morgan fingerprint density at radius 1 is 1.75 bits per heavy atom. The molecule has 0 fully saturated rings. The van der Waals surface area contributed by atoms with Crippen LogP contribution in [0, 0.1) is 0 Å². The normalized spacial score (nSPS) is 11.4. The molecule has 0 aliphatic heterocycles. The second-order valence-electron chi connectivity index (χ2n) is 1.89. The molecule has 0 unspecified atom stereocenters. The highest BCUT2D eigenvalue weighted by atomic mass is 16.5. The zero-order valence-corrected chi connectivity index (χ0v) is 7.04. The van der Waals surface area contributed by atoms with Crippen molar-refractivity contribution in [3.05, 3.63) is 24.0 Å². The van der Waals surface area contributed by atoms with Gasteiger partial charge >= 0.3 is 5.97 Å². The summed E-state index contributed by atoms with van der Waals surface area (Å²) in [5.41, 5.74) is 5.56. The number of aliphatic imine (C=N–C) groups is 1. The van der Waals surface area contributed by atoms with E-state index < -0.39 is 5.97 Å². The van der Waals surface area contributed by atoms with E-state index in [1.807, 2.05) is 0 Å². The van der Waals surface area contributed by atoms with Crippen molar-refractivity contribution in [2.45, 2.75) is 6.92 Å². The van der Waals surface area contributed by atoms with Crippen LogP contribution in [0.25, 0.3) is 0 Å². The molecule has 0 atom stereocenters. The Balaban J connectivity index is 4.66. The van der Waals surface area contributed by atoms with E-state index in [0.29, 0.717) is 0 Å². The van der Waals surface area contributed by atoms with Crippen LogP contribution in [0.3, 0.4) is 0 Å². The first kappa shape index (κ1) is 10.4. The maximum atomic E-state index is 11.0. The highest BCUT2D eigenvalue weighted by Crippen LogP contribution is 2.03. The van der Waals surface area contributed by atoms with Gasteiger partial charge in [-0.15, -0.1) is 0 Å². The first-order chi connectivity index (χ1) is 5.67. The second-order valence-corrected chi connectivity index (χ2v) is 1.89. The molecule has 0 saturated heterocycles. The maximum Gasteiger partial charge on any atom is 0.359 e. The highest BCUT2D eigenvalue weighted by molar-refractivity contribution is 5.90. The molecule has 66 valence electrons. The minimum absolute atomic E-state index is 0.00634. The van der Waals surface area contributed by atoms with Crippen molar-refractivity contribution in [2.24, 2.45) is 10.7 Å². The molecule has 0 aromatic carbocycles. The smallest absolute Gasteiger partial charge is 0.359 e. The zero-order chi connectivity index (χ0) is 9.56. The third-order valence-electron chi connectivity index (χ3n) is 1.12. The van der Waals surface area contributed by atoms with Crippen LogP contribution in [-0.2, 0) is 9.53 Å². The van der Waals surface area contributed by atoms with Crippen LogP contribution < -0.4 is 5.73 Å². The fraction of sp³-hybridized carbons (Fsp3) is 0.250. The zero-order valence-electron chi connectivity index (χ0n) is 7.04. The molecule has 12 heavy (non-hydrogen) atoms. The van der Waals surface area contributed by atoms with Gasteiger partial charge in [0.05, 0.1) is 12.3 Å². The van der Waals surface area contributed by atoms with E-state index in [9.17, 15) is 4.79 Å². The summed E-state index contributed by atoms with van der Waals surface area (Å²) in [6.07, 6.45) is 1.32. The number of carbonyl (C=O) groups is 1. The fourth-order valence-corrected chi connectivity index (χ4v) is 0.570. The molecule has 4 nitrogen and oxygen atoms in total. The number of carbonyl (C=O) groups excluding carboxylic acids is 1. The van der Waals surface area contributed by atoms with Crippen molar-refractivity contribution in [2.75, 3.05) is 6.61 Å². The molecule has 0 bridgehead atoms. The predicted molar refractivity (Wildman–Crippen MR) is 47.6 cm³/mol. The van der Waals surface area contributed by atoms with Gasteiger partial charge in [0.2, 0.25) is 0 Å². The van der Waals surface area contributed by atoms with Gasteiger partial charge in [-0.3, -0.25) is 4.99 Å². The molecule has 2 N–H and O–H groups in total. The lowest BCUT2D eigenvalue weighted by molar-refractivity contribution is -0.138. The molecule has 0 amide bonds. The maximum absolute atomic E-state index is 11.0. The Bertz CT molecular complexity index is 231. The molecule has 0 heterocycles. The summed E-state index contributed by atoms with van der Waals surface area (Å²) < 4.78 is 4.66. The minimum atomic E-state index is -0.579. The number of hydrogen-bond donors (Lipinski definition) is 1. The topological polar surface area (TPSA) is 64.7 Å². The summed E-state index contributed by atoms with van der Waals surface area (Å²) in [4.78, 5) is 14.5. The fourth-order valence-electron chi connectivity index (χ4n) is 0.570. The van der Waals surface area contributed by atoms with Gasteiger partial charge in [0.1, 0.15) is 0 Å². The summed E-state index contributed by atoms with van der Waals surface area (Å²) in [5, 5.41) is 0. The Morgan fingerprint density at radius 2 is 2.33 bits per heavy atom.